The van der Waals surface area contributed by atoms with Gasteiger partial charge in [-0.1, -0.05) is 28.4 Å². The van der Waals surface area contributed by atoms with Crippen molar-refractivity contribution >= 4 is 15.9 Å². The molecule has 0 fully saturated rings. The molecule has 1 aromatic carbocycles. The van der Waals surface area contributed by atoms with Crippen molar-refractivity contribution in [3.8, 4) is 11.8 Å². The summed E-state index contributed by atoms with van der Waals surface area (Å²) in [4.78, 5) is 0. The highest BCUT2D eigenvalue weighted by molar-refractivity contribution is 9.10. The molecule has 2 heteroatoms. The summed E-state index contributed by atoms with van der Waals surface area (Å²) in [5.74, 6) is 6.54. The third-order valence-electron chi connectivity index (χ3n) is 3.35. The summed E-state index contributed by atoms with van der Waals surface area (Å²) in [6, 6.07) is 8.12. The minimum atomic E-state index is 0.884. The van der Waals surface area contributed by atoms with Crippen molar-refractivity contribution in [3.63, 3.8) is 0 Å². The van der Waals surface area contributed by atoms with Gasteiger partial charge in [0, 0.05) is 10.0 Å². The van der Waals surface area contributed by atoms with Crippen molar-refractivity contribution in [3.05, 3.63) is 47.0 Å². The molecule has 0 aliphatic heterocycles. The van der Waals surface area contributed by atoms with E-state index in [0.717, 1.165) is 40.7 Å². The maximum Gasteiger partial charge on any atom is 0.141 e. The first-order valence-corrected chi connectivity index (χ1v) is 7.15. The van der Waals surface area contributed by atoms with Gasteiger partial charge in [0.1, 0.15) is 6.54 Å². The summed E-state index contributed by atoms with van der Waals surface area (Å²) in [7, 11) is 0. The second-order valence-electron chi connectivity index (χ2n) is 4.41. The summed E-state index contributed by atoms with van der Waals surface area (Å²) in [5.41, 5.74) is 1.07. The molecule has 0 amide bonds. The molecular weight excluding hydrogens is 286 g/mol. The standard InChI is InChI=1S/C16H21BrN/c1-4-13-18(5-2,6-3)14-7-8-15-9-11-16(17)12-10-15/h4,9-12H,1,5-6,13-14H2,2-3H3/q+1. The Hall–Kier alpha value is -1.04. The molecule has 0 saturated carbocycles. The van der Waals surface area contributed by atoms with E-state index in [1.54, 1.807) is 0 Å². The predicted molar refractivity (Wildman–Crippen MR) is 82.3 cm³/mol. The maximum absolute atomic E-state index is 3.85. The minimum Gasteiger partial charge on any atom is -0.311 e. The van der Waals surface area contributed by atoms with E-state index in [9.17, 15) is 0 Å². The fourth-order valence-corrected chi connectivity index (χ4v) is 2.15. The van der Waals surface area contributed by atoms with Gasteiger partial charge in [0.15, 0.2) is 0 Å². The molecule has 0 aliphatic carbocycles. The topological polar surface area (TPSA) is 0 Å². The van der Waals surface area contributed by atoms with Gasteiger partial charge in [-0.15, -0.1) is 0 Å². The molecule has 18 heavy (non-hydrogen) atoms. The van der Waals surface area contributed by atoms with Gasteiger partial charge in [-0.05, 0) is 50.1 Å². The van der Waals surface area contributed by atoms with Crippen LogP contribution in [0.4, 0.5) is 0 Å². The number of rotatable bonds is 5. The van der Waals surface area contributed by atoms with Gasteiger partial charge in [-0.25, -0.2) is 0 Å². The first kappa shape index (κ1) is 15.0. The van der Waals surface area contributed by atoms with Crippen molar-refractivity contribution in [2.45, 2.75) is 13.8 Å². The van der Waals surface area contributed by atoms with E-state index in [-0.39, 0.29) is 0 Å². The van der Waals surface area contributed by atoms with Crippen LogP contribution < -0.4 is 0 Å². The van der Waals surface area contributed by atoms with Crippen LogP contribution in [0.3, 0.4) is 0 Å². The molecule has 0 radical (unpaired) electrons. The molecule has 1 rings (SSSR count). The van der Waals surface area contributed by atoms with Crippen LogP contribution in [0.25, 0.3) is 0 Å². The van der Waals surface area contributed by atoms with E-state index >= 15 is 0 Å². The SMILES string of the molecule is C=CC[N+](CC)(CC)CC#Cc1ccc(Br)cc1. The lowest BCUT2D eigenvalue weighted by atomic mass is 10.2. The first-order chi connectivity index (χ1) is 8.65. The predicted octanol–water partition coefficient (Wildman–Crippen LogP) is 3.84. The molecule has 0 spiro atoms. The number of quaternary nitrogens is 1. The number of benzene rings is 1. The van der Waals surface area contributed by atoms with E-state index < -0.39 is 0 Å². The normalized spacial score (nSPS) is 10.6. The van der Waals surface area contributed by atoms with Crippen LogP contribution in [0.1, 0.15) is 19.4 Å². The summed E-state index contributed by atoms with van der Waals surface area (Å²) in [6.45, 7) is 12.3. The Morgan fingerprint density at radius 2 is 1.83 bits per heavy atom. The zero-order valence-electron chi connectivity index (χ0n) is 11.2. The minimum absolute atomic E-state index is 0.884. The van der Waals surface area contributed by atoms with Crippen LogP contribution in [0, 0.1) is 11.8 Å². The fourth-order valence-electron chi connectivity index (χ4n) is 1.89. The molecule has 0 aromatic heterocycles. The Morgan fingerprint density at radius 3 is 2.33 bits per heavy atom. The van der Waals surface area contributed by atoms with Crippen LogP contribution in [-0.2, 0) is 0 Å². The van der Waals surface area contributed by atoms with E-state index in [1.807, 2.05) is 30.3 Å². The number of hydrogen-bond donors (Lipinski definition) is 0. The Morgan fingerprint density at radius 1 is 1.22 bits per heavy atom. The Kier molecular flexibility index (Phi) is 6.18. The number of nitrogens with zero attached hydrogens (tertiary/aromatic N) is 1. The zero-order chi connectivity index (χ0) is 13.4. The molecule has 96 valence electrons. The lowest BCUT2D eigenvalue weighted by Crippen LogP contribution is -2.48. The van der Waals surface area contributed by atoms with Gasteiger partial charge >= 0.3 is 0 Å². The van der Waals surface area contributed by atoms with Crippen LogP contribution in [0.15, 0.2) is 41.4 Å². The van der Waals surface area contributed by atoms with Gasteiger partial charge in [-0.3, -0.25) is 0 Å². The largest absolute Gasteiger partial charge is 0.311 e. The van der Waals surface area contributed by atoms with Gasteiger partial charge in [0.2, 0.25) is 0 Å². The molecule has 0 bridgehead atoms. The molecule has 0 atom stereocenters. The van der Waals surface area contributed by atoms with Gasteiger partial charge in [0.05, 0.1) is 19.6 Å². The number of hydrogen-bond acceptors (Lipinski definition) is 0. The van der Waals surface area contributed by atoms with Crippen LogP contribution in [-0.4, -0.2) is 30.7 Å². The molecule has 0 unspecified atom stereocenters. The number of likely N-dealkylation sites (N-methyl/N-ethyl adjacent to an activating group) is 1. The van der Waals surface area contributed by atoms with Crippen molar-refractivity contribution in [2.24, 2.45) is 0 Å². The summed E-state index contributed by atoms with van der Waals surface area (Å²) < 4.78 is 2.08. The molecule has 0 saturated heterocycles. The van der Waals surface area contributed by atoms with Crippen molar-refractivity contribution in [2.75, 3.05) is 26.2 Å². The zero-order valence-corrected chi connectivity index (χ0v) is 12.8. The Bertz CT molecular complexity index is 432. The van der Waals surface area contributed by atoms with Crippen LogP contribution in [0.5, 0.6) is 0 Å². The highest BCUT2D eigenvalue weighted by Crippen LogP contribution is 2.10. The highest BCUT2D eigenvalue weighted by Gasteiger charge is 2.19. The van der Waals surface area contributed by atoms with Gasteiger partial charge < -0.3 is 4.48 Å². The van der Waals surface area contributed by atoms with E-state index in [1.165, 1.54) is 0 Å². The molecule has 1 nitrogen and oxygen atoms in total. The lowest BCUT2D eigenvalue weighted by molar-refractivity contribution is -0.912. The average molecular weight is 307 g/mol. The van der Waals surface area contributed by atoms with E-state index in [2.05, 4.69) is 48.2 Å². The summed E-state index contributed by atoms with van der Waals surface area (Å²) in [6.07, 6.45) is 1.99. The van der Waals surface area contributed by atoms with E-state index in [0.29, 0.717) is 0 Å². The number of halogens is 1. The second kappa shape index (κ2) is 7.41. The quantitative estimate of drug-likeness (QED) is 0.440. The Balaban J connectivity index is 2.73. The lowest BCUT2D eigenvalue weighted by Gasteiger charge is -2.33. The first-order valence-electron chi connectivity index (χ1n) is 6.36. The molecular formula is C16H21BrN+. The maximum atomic E-state index is 3.85. The van der Waals surface area contributed by atoms with Crippen LogP contribution >= 0.6 is 15.9 Å². The molecule has 0 aliphatic rings. The van der Waals surface area contributed by atoms with Gasteiger partial charge in [0.25, 0.3) is 0 Å². The third kappa shape index (κ3) is 4.33. The molecule has 1 aromatic rings. The highest BCUT2D eigenvalue weighted by atomic mass is 79.9. The molecule has 0 N–H and O–H groups in total. The molecule has 0 heterocycles. The van der Waals surface area contributed by atoms with E-state index in [4.69, 9.17) is 0 Å². The Labute approximate surface area is 119 Å². The van der Waals surface area contributed by atoms with Crippen molar-refractivity contribution < 1.29 is 4.48 Å². The summed E-state index contributed by atoms with van der Waals surface area (Å²) in [5, 5.41) is 0. The third-order valence-corrected chi connectivity index (χ3v) is 3.88. The van der Waals surface area contributed by atoms with Crippen molar-refractivity contribution in [1.82, 2.24) is 0 Å². The monoisotopic (exact) mass is 306 g/mol. The van der Waals surface area contributed by atoms with Crippen molar-refractivity contribution in [1.29, 1.82) is 0 Å². The summed E-state index contributed by atoms with van der Waals surface area (Å²) >= 11 is 3.43. The average Bonchev–Trinajstić information content (AvgIpc) is 2.40. The fraction of sp³-hybridized carbons (Fsp3) is 0.375. The van der Waals surface area contributed by atoms with Crippen LogP contribution in [0.2, 0.25) is 0 Å². The van der Waals surface area contributed by atoms with Gasteiger partial charge in [-0.2, -0.15) is 0 Å². The second-order valence-corrected chi connectivity index (χ2v) is 5.33. The smallest absolute Gasteiger partial charge is 0.141 e.